The molecule has 3 atom stereocenters. The van der Waals surface area contributed by atoms with Gasteiger partial charge in [-0.1, -0.05) is 11.6 Å². The molecule has 3 aromatic rings. The molecular formula is C26H25ClF4N6O2. The van der Waals surface area contributed by atoms with E-state index in [1.807, 2.05) is 0 Å². The molecule has 2 aliphatic heterocycles. The lowest BCUT2D eigenvalue weighted by Crippen LogP contribution is -2.44. The third kappa shape index (κ3) is 3.97. The number of anilines is 4. The molecule has 4 aliphatic rings. The molecule has 13 heteroatoms. The number of nitrogens with zero attached hydrogens (tertiary/aromatic N) is 4. The van der Waals surface area contributed by atoms with Crippen LogP contribution in [-0.4, -0.2) is 51.6 Å². The highest BCUT2D eigenvalue weighted by Crippen LogP contribution is 2.49. The summed E-state index contributed by atoms with van der Waals surface area (Å²) in [4.78, 5) is 23.6. The maximum Gasteiger partial charge on any atom is 0.301 e. The number of aromatic nitrogens is 3. The lowest BCUT2D eigenvalue weighted by molar-refractivity contribution is -0.0579. The molecule has 0 spiro atoms. The van der Waals surface area contributed by atoms with E-state index in [0.717, 1.165) is 0 Å². The van der Waals surface area contributed by atoms with Crippen molar-refractivity contribution in [2.24, 2.45) is 18.9 Å². The number of hydrogen-bond acceptors (Lipinski definition) is 7. The number of fused-ring (bicyclic) bond motifs is 5. The van der Waals surface area contributed by atoms with Gasteiger partial charge in [0.2, 0.25) is 11.7 Å². The number of alkyl halides is 4. The minimum atomic E-state index is -3.14. The third-order valence-electron chi connectivity index (χ3n) is 8.38. The van der Waals surface area contributed by atoms with Crippen LogP contribution in [0.3, 0.4) is 0 Å². The Morgan fingerprint density at radius 1 is 1.21 bits per heavy atom. The Balaban J connectivity index is 1.25. The van der Waals surface area contributed by atoms with E-state index in [1.54, 1.807) is 30.1 Å². The first-order valence-electron chi connectivity index (χ1n) is 12.9. The van der Waals surface area contributed by atoms with Gasteiger partial charge in [0.25, 0.3) is 11.5 Å². The van der Waals surface area contributed by atoms with Crippen LogP contribution in [-0.2, 0) is 7.05 Å². The summed E-state index contributed by atoms with van der Waals surface area (Å²) in [6.45, 7) is -0.705. The first-order chi connectivity index (χ1) is 18.5. The largest absolute Gasteiger partial charge is 0.480 e. The second-order valence-corrected chi connectivity index (χ2v) is 11.4. The predicted octanol–water partition coefficient (Wildman–Crippen LogP) is 5.18. The first-order valence-corrected chi connectivity index (χ1v) is 13.3. The number of nitrogens with one attached hydrogen (secondary N) is 2. The Labute approximate surface area is 225 Å². The molecule has 0 radical (unpaired) electrons. The Bertz CT molecular complexity index is 1560. The van der Waals surface area contributed by atoms with E-state index in [-0.39, 0.29) is 47.2 Å². The number of halogens is 5. The van der Waals surface area contributed by atoms with Crippen LogP contribution in [0, 0.1) is 11.8 Å². The lowest BCUT2D eigenvalue weighted by atomic mass is 10.0. The van der Waals surface area contributed by atoms with Crippen LogP contribution in [0.4, 0.5) is 40.7 Å². The summed E-state index contributed by atoms with van der Waals surface area (Å²) in [7, 11) is 1.56. The number of rotatable bonds is 4. The van der Waals surface area contributed by atoms with Crippen molar-refractivity contribution in [1.29, 1.82) is 0 Å². The average Bonchev–Trinajstić information content (AvgIpc) is 3.59. The quantitative estimate of drug-likeness (QED) is 0.423. The molecule has 1 saturated heterocycles. The lowest BCUT2D eigenvalue weighted by Gasteiger charge is -2.31. The maximum absolute atomic E-state index is 14.9. The fourth-order valence-corrected chi connectivity index (χ4v) is 6.29. The Morgan fingerprint density at radius 2 is 2.00 bits per heavy atom. The van der Waals surface area contributed by atoms with Gasteiger partial charge >= 0.3 is 5.92 Å². The van der Waals surface area contributed by atoms with Crippen molar-refractivity contribution in [2.75, 3.05) is 28.7 Å². The minimum absolute atomic E-state index is 0.145. The SMILES string of the molecule is Cn1c(=O)c2c(c3cc(Nc4nc(N5C[C@H]6C[C@@H]5CC6(F)F)ncc4Cl)ccc31)NC(C1CC1)C(F)(F)CO2. The number of hydrogen-bond donors (Lipinski definition) is 2. The molecule has 0 amide bonds. The van der Waals surface area contributed by atoms with Gasteiger partial charge in [-0.2, -0.15) is 4.98 Å². The maximum atomic E-state index is 14.9. The summed E-state index contributed by atoms with van der Waals surface area (Å²) in [6.07, 6.45) is 2.96. The fraction of sp³-hybridized carbons (Fsp3) is 0.500. The van der Waals surface area contributed by atoms with Crippen molar-refractivity contribution < 1.29 is 22.3 Å². The van der Waals surface area contributed by atoms with Gasteiger partial charge in [0.05, 0.1) is 23.4 Å². The summed E-state index contributed by atoms with van der Waals surface area (Å²) in [5.74, 6) is -6.29. The second-order valence-electron chi connectivity index (χ2n) is 11.0. The molecule has 3 fully saturated rings. The average molecular weight is 565 g/mol. The van der Waals surface area contributed by atoms with Crippen molar-refractivity contribution in [3.8, 4) is 5.75 Å². The molecule has 2 aliphatic carbocycles. The van der Waals surface area contributed by atoms with E-state index < -0.39 is 36.0 Å². The smallest absolute Gasteiger partial charge is 0.301 e. The zero-order valence-electron chi connectivity index (χ0n) is 20.9. The first kappa shape index (κ1) is 24.7. The van der Waals surface area contributed by atoms with E-state index >= 15 is 0 Å². The van der Waals surface area contributed by atoms with Gasteiger partial charge in [-0.3, -0.25) is 4.79 Å². The van der Waals surface area contributed by atoms with Gasteiger partial charge in [0.15, 0.2) is 12.4 Å². The summed E-state index contributed by atoms with van der Waals surface area (Å²) >= 11 is 6.38. The summed E-state index contributed by atoms with van der Waals surface area (Å²) in [5, 5.41) is 6.85. The third-order valence-corrected chi connectivity index (χ3v) is 8.66. The molecule has 7 rings (SSSR count). The molecular weight excluding hydrogens is 540 g/mol. The van der Waals surface area contributed by atoms with Crippen LogP contribution in [0.15, 0.2) is 29.2 Å². The zero-order valence-corrected chi connectivity index (χ0v) is 21.6. The molecule has 2 saturated carbocycles. The van der Waals surface area contributed by atoms with E-state index in [1.165, 1.54) is 10.8 Å². The van der Waals surface area contributed by atoms with E-state index in [2.05, 4.69) is 20.6 Å². The summed E-state index contributed by atoms with van der Waals surface area (Å²) in [6, 6.07) is 3.66. The standard InChI is InChI=1S/C26H25ClF4N6O2/c1-36-18-5-4-14(7-16(18)19-20(23(36)38)39-11-26(30,31)21(34-19)12-2-3-12)33-22-17(27)9-32-24(35-22)37-10-13-6-15(37)8-25(13,28)29/h4-5,7,9,12-13,15,21,34H,2-3,6,8,10-11H2,1H3,(H,32,33,35)/t13-,15-,21?/m1/s1. The van der Waals surface area contributed by atoms with Crippen molar-refractivity contribution >= 4 is 45.6 Å². The molecule has 2 N–H and O–H groups in total. The highest BCUT2D eigenvalue weighted by molar-refractivity contribution is 6.33. The van der Waals surface area contributed by atoms with Gasteiger partial charge in [0.1, 0.15) is 5.02 Å². The molecule has 4 heterocycles. The molecule has 2 aromatic heterocycles. The zero-order chi connectivity index (χ0) is 27.3. The number of benzene rings is 1. The fourth-order valence-electron chi connectivity index (χ4n) is 6.15. The van der Waals surface area contributed by atoms with E-state index in [9.17, 15) is 22.4 Å². The Hall–Kier alpha value is -3.28. The summed E-state index contributed by atoms with van der Waals surface area (Å²) in [5.41, 5.74) is 0.787. The second kappa shape index (κ2) is 8.36. The van der Waals surface area contributed by atoms with E-state index in [0.29, 0.717) is 41.8 Å². The molecule has 206 valence electrons. The van der Waals surface area contributed by atoms with Gasteiger partial charge in [-0.25, -0.2) is 22.5 Å². The van der Waals surface area contributed by atoms with Gasteiger partial charge in [-0.05, 0) is 43.4 Å². The molecule has 39 heavy (non-hydrogen) atoms. The van der Waals surface area contributed by atoms with Crippen LogP contribution in [0.5, 0.6) is 5.75 Å². The minimum Gasteiger partial charge on any atom is -0.480 e. The van der Waals surface area contributed by atoms with Gasteiger partial charge < -0.3 is 24.8 Å². The summed E-state index contributed by atoms with van der Waals surface area (Å²) < 4.78 is 64.6. The monoisotopic (exact) mass is 564 g/mol. The van der Waals surface area contributed by atoms with Crippen molar-refractivity contribution in [3.63, 3.8) is 0 Å². The van der Waals surface area contributed by atoms with Crippen molar-refractivity contribution in [2.45, 2.75) is 49.6 Å². The van der Waals surface area contributed by atoms with Crippen LogP contribution < -0.4 is 25.8 Å². The van der Waals surface area contributed by atoms with Crippen LogP contribution in [0.1, 0.15) is 25.7 Å². The van der Waals surface area contributed by atoms with E-state index in [4.69, 9.17) is 16.3 Å². The predicted molar refractivity (Wildman–Crippen MR) is 139 cm³/mol. The topological polar surface area (TPSA) is 84.3 Å². The number of piperidine rings is 1. The molecule has 1 aromatic carbocycles. The van der Waals surface area contributed by atoms with Gasteiger partial charge in [-0.15, -0.1) is 0 Å². The number of aryl methyl sites for hydroxylation is 1. The normalized spacial score (nSPS) is 26.6. The van der Waals surface area contributed by atoms with Crippen LogP contribution >= 0.6 is 11.6 Å². The number of pyridine rings is 1. The highest BCUT2D eigenvalue weighted by Gasteiger charge is 2.56. The molecule has 8 nitrogen and oxygen atoms in total. The van der Waals surface area contributed by atoms with Crippen molar-refractivity contribution in [3.05, 3.63) is 39.8 Å². The van der Waals surface area contributed by atoms with Gasteiger partial charge in [0, 0.05) is 43.0 Å². The highest BCUT2D eigenvalue weighted by atomic mass is 35.5. The Morgan fingerprint density at radius 3 is 2.69 bits per heavy atom. The number of ether oxygens (including phenoxy) is 1. The van der Waals surface area contributed by atoms with Crippen LogP contribution in [0.2, 0.25) is 5.02 Å². The molecule has 2 bridgehead atoms. The molecule has 1 unspecified atom stereocenters. The van der Waals surface area contributed by atoms with Crippen LogP contribution in [0.25, 0.3) is 10.9 Å². The van der Waals surface area contributed by atoms with Crippen molar-refractivity contribution in [1.82, 2.24) is 14.5 Å². The Kier molecular flexibility index (Phi) is 5.30.